The smallest absolute Gasteiger partial charge is 0.0249 e. The summed E-state index contributed by atoms with van der Waals surface area (Å²) in [6.07, 6.45) is 8.34. The van der Waals surface area contributed by atoms with Gasteiger partial charge in [-0.3, -0.25) is 4.90 Å². The Balaban J connectivity index is 1.95. The van der Waals surface area contributed by atoms with Gasteiger partial charge in [-0.2, -0.15) is 0 Å². The maximum Gasteiger partial charge on any atom is 0.0249 e. The first-order valence-corrected chi connectivity index (χ1v) is 7.30. The number of hydrogen-bond donors (Lipinski definition) is 1. The van der Waals surface area contributed by atoms with Crippen LogP contribution in [0.15, 0.2) is 0 Å². The Morgan fingerprint density at radius 3 is 2.53 bits per heavy atom. The zero-order chi connectivity index (χ0) is 12.3. The first-order valence-electron chi connectivity index (χ1n) is 7.30. The third-order valence-electron chi connectivity index (χ3n) is 4.73. The molecule has 3 nitrogen and oxygen atoms in total. The number of likely N-dealkylation sites (tertiary alicyclic amines) is 1. The Labute approximate surface area is 107 Å². The van der Waals surface area contributed by atoms with E-state index in [0.717, 1.165) is 18.1 Å². The van der Waals surface area contributed by atoms with Crippen molar-refractivity contribution >= 4 is 0 Å². The fourth-order valence-corrected chi connectivity index (χ4v) is 3.59. The summed E-state index contributed by atoms with van der Waals surface area (Å²) >= 11 is 0. The highest BCUT2D eigenvalue weighted by Gasteiger charge is 2.32. The quantitative estimate of drug-likeness (QED) is 0.806. The van der Waals surface area contributed by atoms with E-state index in [4.69, 9.17) is 0 Å². The molecule has 3 heteroatoms. The lowest BCUT2D eigenvalue weighted by atomic mass is 9.87. The highest BCUT2D eigenvalue weighted by molar-refractivity contribution is 4.91. The van der Waals surface area contributed by atoms with Crippen molar-refractivity contribution in [1.29, 1.82) is 0 Å². The molecule has 17 heavy (non-hydrogen) atoms. The molecule has 0 spiro atoms. The van der Waals surface area contributed by atoms with Crippen molar-refractivity contribution in [2.45, 2.75) is 56.7 Å². The number of piperidine rings is 1. The zero-order valence-corrected chi connectivity index (χ0v) is 11.8. The van der Waals surface area contributed by atoms with Gasteiger partial charge in [0.2, 0.25) is 0 Å². The van der Waals surface area contributed by atoms with Crippen LogP contribution < -0.4 is 5.32 Å². The van der Waals surface area contributed by atoms with Gasteiger partial charge in [0.25, 0.3) is 0 Å². The molecule has 3 atom stereocenters. The number of rotatable bonds is 3. The van der Waals surface area contributed by atoms with Gasteiger partial charge in [0.15, 0.2) is 0 Å². The first-order chi connectivity index (χ1) is 8.22. The average molecular weight is 239 g/mol. The van der Waals surface area contributed by atoms with Crippen LogP contribution in [0.3, 0.4) is 0 Å². The number of nitrogens with one attached hydrogen (secondary N) is 1. The Morgan fingerprint density at radius 1 is 1.06 bits per heavy atom. The summed E-state index contributed by atoms with van der Waals surface area (Å²) in [6.45, 7) is 2.59. The van der Waals surface area contributed by atoms with E-state index in [9.17, 15) is 0 Å². The maximum atomic E-state index is 3.54. The lowest BCUT2D eigenvalue weighted by molar-refractivity contribution is 0.0624. The van der Waals surface area contributed by atoms with Gasteiger partial charge in [-0.25, -0.2) is 0 Å². The number of likely N-dealkylation sites (N-methyl/N-ethyl adjacent to an activating group) is 2. The van der Waals surface area contributed by atoms with E-state index in [0.29, 0.717) is 0 Å². The highest BCUT2D eigenvalue weighted by Crippen LogP contribution is 2.26. The molecule has 2 aliphatic rings. The third-order valence-corrected chi connectivity index (χ3v) is 4.73. The molecule has 0 bridgehead atoms. The molecular weight excluding hydrogens is 210 g/mol. The molecule has 2 rings (SSSR count). The molecule has 0 amide bonds. The molecule has 3 unspecified atom stereocenters. The molecule has 1 saturated carbocycles. The van der Waals surface area contributed by atoms with Crippen LogP contribution in [-0.4, -0.2) is 62.2 Å². The van der Waals surface area contributed by atoms with Gasteiger partial charge in [0.05, 0.1) is 0 Å². The lowest BCUT2D eigenvalue weighted by Gasteiger charge is -2.45. The second-order valence-electron chi connectivity index (χ2n) is 6.00. The minimum atomic E-state index is 0.727. The van der Waals surface area contributed by atoms with Crippen LogP contribution >= 0.6 is 0 Å². The minimum Gasteiger partial charge on any atom is -0.315 e. The number of nitrogens with zero attached hydrogens (tertiary/aromatic N) is 2. The van der Waals surface area contributed by atoms with Crippen LogP contribution in [0, 0.1) is 0 Å². The van der Waals surface area contributed by atoms with Crippen molar-refractivity contribution in [3.8, 4) is 0 Å². The third kappa shape index (κ3) is 3.21. The van der Waals surface area contributed by atoms with Crippen molar-refractivity contribution in [2.24, 2.45) is 0 Å². The summed E-state index contributed by atoms with van der Waals surface area (Å²) in [4.78, 5) is 5.16. The average Bonchev–Trinajstić information content (AvgIpc) is 2.39. The molecule has 1 N–H and O–H groups in total. The monoisotopic (exact) mass is 239 g/mol. The van der Waals surface area contributed by atoms with E-state index in [1.54, 1.807) is 0 Å². The van der Waals surface area contributed by atoms with Gasteiger partial charge >= 0.3 is 0 Å². The summed E-state index contributed by atoms with van der Waals surface area (Å²) in [5.74, 6) is 0. The second-order valence-corrected chi connectivity index (χ2v) is 6.00. The largest absolute Gasteiger partial charge is 0.315 e. The molecule has 1 aliphatic heterocycles. The molecule has 100 valence electrons. The predicted octanol–water partition coefficient (Wildman–Crippen LogP) is 1.54. The van der Waals surface area contributed by atoms with Gasteiger partial charge in [-0.05, 0) is 53.4 Å². The van der Waals surface area contributed by atoms with Gasteiger partial charge in [-0.15, -0.1) is 0 Å². The predicted molar refractivity (Wildman–Crippen MR) is 73.4 cm³/mol. The van der Waals surface area contributed by atoms with E-state index in [1.807, 2.05) is 0 Å². The first kappa shape index (κ1) is 13.3. The molecular formula is C14H29N3. The summed E-state index contributed by atoms with van der Waals surface area (Å²) < 4.78 is 0. The summed E-state index contributed by atoms with van der Waals surface area (Å²) in [6, 6.07) is 2.28. The Hall–Kier alpha value is -0.120. The molecule has 0 aromatic carbocycles. The van der Waals surface area contributed by atoms with Crippen LogP contribution in [-0.2, 0) is 0 Å². The summed E-state index contributed by atoms with van der Waals surface area (Å²) in [5, 5.41) is 3.54. The molecule has 0 aromatic heterocycles. The summed E-state index contributed by atoms with van der Waals surface area (Å²) in [5.41, 5.74) is 0. The van der Waals surface area contributed by atoms with Crippen molar-refractivity contribution in [1.82, 2.24) is 15.1 Å². The van der Waals surface area contributed by atoms with Crippen molar-refractivity contribution in [3.63, 3.8) is 0 Å². The van der Waals surface area contributed by atoms with Crippen LogP contribution in [0.5, 0.6) is 0 Å². The maximum absolute atomic E-state index is 3.54. The number of hydrogen-bond acceptors (Lipinski definition) is 3. The van der Waals surface area contributed by atoms with Gasteiger partial charge in [0, 0.05) is 24.7 Å². The van der Waals surface area contributed by atoms with Crippen LogP contribution in [0.4, 0.5) is 0 Å². The Morgan fingerprint density at radius 2 is 1.82 bits per heavy atom. The SMILES string of the molecule is CNC1CCCCC1N1CCCC(N(C)C)C1. The van der Waals surface area contributed by atoms with E-state index < -0.39 is 0 Å². The molecule has 2 fully saturated rings. The molecule has 0 radical (unpaired) electrons. The topological polar surface area (TPSA) is 18.5 Å². The van der Waals surface area contributed by atoms with Crippen LogP contribution in [0.1, 0.15) is 38.5 Å². The van der Waals surface area contributed by atoms with Crippen molar-refractivity contribution in [2.75, 3.05) is 34.2 Å². The molecule has 1 saturated heterocycles. The van der Waals surface area contributed by atoms with Crippen LogP contribution in [0.2, 0.25) is 0 Å². The van der Waals surface area contributed by atoms with Crippen molar-refractivity contribution < 1.29 is 0 Å². The zero-order valence-electron chi connectivity index (χ0n) is 11.8. The van der Waals surface area contributed by atoms with Crippen molar-refractivity contribution in [3.05, 3.63) is 0 Å². The molecule has 1 aliphatic carbocycles. The minimum absolute atomic E-state index is 0.727. The van der Waals surface area contributed by atoms with Gasteiger partial charge < -0.3 is 10.2 Å². The lowest BCUT2D eigenvalue weighted by Crippen LogP contribution is -2.56. The fraction of sp³-hybridized carbons (Fsp3) is 1.00. The second kappa shape index (κ2) is 6.17. The van der Waals surface area contributed by atoms with Crippen LogP contribution in [0.25, 0.3) is 0 Å². The molecule has 0 aromatic rings. The Bertz CT molecular complexity index is 230. The summed E-state index contributed by atoms with van der Waals surface area (Å²) in [7, 11) is 6.59. The normalized spacial score (nSPS) is 36.4. The molecule has 1 heterocycles. The highest BCUT2D eigenvalue weighted by atomic mass is 15.2. The standard InChI is InChI=1S/C14H29N3/c1-15-13-8-4-5-9-14(13)17-10-6-7-12(11-17)16(2)3/h12-15H,4-11H2,1-3H3. The van der Waals surface area contributed by atoms with Gasteiger partial charge in [0.1, 0.15) is 0 Å². The van der Waals surface area contributed by atoms with E-state index in [-0.39, 0.29) is 0 Å². The fourth-order valence-electron chi connectivity index (χ4n) is 3.59. The van der Waals surface area contributed by atoms with E-state index in [1.165, 1.54) is 51.6 Å². The van der Waals surface area contributed by atoms with E-state index in [2.05, 4.69) is 36.3 Å². The van der Waals surface area contributed by atoms with E-state index >= 15 is 0 Å². The van der Waals surface area contributed by atoms with Gasteiger partial charge in [-0.1, -0.05) is 12.8 Å². The Kier molecular flexibility index (Phi) is 4.83.